The summed E-state index contributed by atoms with van der Waals surface area (Å²) >= 11 is 1.69. The van der Waals surface area contributed by atoms with Crippen LogP contribution in [0.4, 0.5) is 5.69 Å². The SMILES string of the molecule is COc1cccc(C=Nc2ccc(SC)cc2)c1O. The Kier molecular flexibility index (Phi) is 4.47. The highest BCUT2D eigenvalue weighted by molar-refractivity contribution is 7.98. The Balaban J connectivity index is 2.22. The van der Waals surface area contributed by atoms with E-state index in [2.05, 4.69) is 4.99 Å². The fourth-order valence-electron chi connectivity index (χ4n) is 1.62. The van der Waals surface area contributed by atoms with Crippen LogP contribution >= 0.6 is 11.8 Å². The maximum absolute atomic E-state index is 9.93. The van der Waals surface area contributed by atoms with Crippen molar-refractivity contribution in [2.45, 2.75) is 4.90 Å². The largest absolute Gasteiger partial charge is 0.504 e. The molecule has 1 N–H and O–H groups in total. The fraction of sp³-hybridized carbons (Fsp3) is 0.133. The molecule has 0 aromatic heterocycles. The summed E-state index contributed by atoms with van der Waals surface area (Å²) in [5.41, 5.74) is 1.48. The quantitative estimate of drug-likeness (QED) is 0.679. The molecular weight excluding hydrogens is 258 g/mol. The van der Waals surface area contributed by atoms with Gasteiger partial charge in [0.2, 0.25) is 0 Å². The topological polar surface area (TPSA) is 41.8 Å². The van der Waals surface area contributed by atoms with Gasteiger partial charge in [-0.3, -0.25) is 4.99 Å². The predicted octanol–water partition coefficient (Wildman–Crippen LogP) is 3.87. The summed E-state index contributed by atoms with van der Waals surface area (Å²) in [5.74, 6) is 0.552. The van der Waals surface area contributed by atoms with Crippen LogP contribution in [0.15, 0.2) is 52.4 Å². The number of hydrogen-bond acceptors (Lipinski definition) is 4. The molecule has 0 aliphatic carbocycles. The smallest absolute Gasteiger partial charge is 0.166 e. The Labute approximate surface area is 117 Å². The highest BCUT2D eigenvalue weighted by Gasteiger charge is 2.04. The lowest BCUT2D eigenvalue weighted by Crippen LogP contribution is -1.88. The van der Waals surface area contributed by atoms with Crippen molar-refractivity contribution in [1.29, 1.82) is 0 Å². The van der Waals surface area contributed by atoms with Crippen molar-refractivity contribution in [2.75, 3.05) is 13.4 Å². The zero-order valence-electron chi connectivity index (χ0n) is 10.8. The normalized spacial score (nSPS) is 10.8. The van der Waals surface area contributed by atoms with Gasteiger partial charge in [0.05, 0.1) is 12.8 Å². The van der Waals surface area contributed by atoms with Gasteiger partial charge >= 0.3 is 0 Å². The number of rotatable bonds is 4. The van der Waals surface area contributed by atoms with E-state index < -0.39 is 0 Å². The van der Waals surface area contributed by atoms with Gasteiger partial charge in [0.25, 0.3) is 0 Å². The average molecular weight is 273 g/mol. The van der Waals surface area contributed by atoms with E-state index in [9.17, 15) is 5.11 Å². The number of phenols is 1. The number of nitrogens with zero attached hydrogens (tertiary/aromatic N) is 1. The van der Waals surface area contributed by atoms with E-state index in [1.165, 1.54) is 12.0 Å². The summed E-state index contributed by atoms with van der Waals surface area (Å²) in [7, 11) is 1.52. The Hall–Kier alpha value is -1.94. The molecule has 0 amide bonds. The summed E-state index contributed by atoms with van der Waals surface area (Å²) in [6, 6.07) is 13.2. The minimum atomic E-state index is 0.106. The lowest BCUT2D eigenvalue weighted by Gasteiger charge is -2.04. The minimum Gasteiger partial charge on any atom is -0.504 e. The van der Waals surface area contributed by atoms with Crippen molar-refractivity contribution >= 4 is 23.7 Å². The van der Waals surface area contributed by atoms with Crippen LogP contribution in [0, 0.1) is 0 Å². The molecule has 0 spiro atoms. The highest BCUT2D eigenvalue weighted by Crippen LogP contribution is 2.28. The molecule has 98 valence electrons. The first-order chi connectivity index (χ1) is 9.24. The van der Waals surface area contributed by atoms with E-state index in [0.29, 0.717) is 11.3 Å². The maximum Gasteiger partial charge on any atom is 0.166 e. The summed E-state index contributed by atoms with van der Waals surface area (Å²) in [6.45, 7) is 0. The van der Waals surface area contributed by atoms with Crippen LogP contribution in [0.3, 0.4) is 0 Å². The Morgan fingerprint density at radius 2 is 1.89 bits per heavy atom. The minimum absolute atomic E-state index is 0.106. The van der Waals surface area contributed by atoms with E-state index in [1.807, 2.05) is 36.6 Å². The third kappa shape index (κ3) is 3.29. The number of thioether (sulfide) groups is 1. The Bertz CT molecular complexity index is 579. The second-order valence-electron chi connectivity index (χ2n) is 3.85. The Morgan fingerprint density at radius 3 is 2.53 bits per heavy atom. The van der Waals surface area contributed by atoms with Crippen molar-refractivity contribution in [2.24, 2.45) is 4.99 Å². The number of aliphatic imine (C=N–C) groups is 1. The lowest BCUT2D eigenvalue weighted by molar-refractivity contribution is 0.373. The van der Waals surface area contributed by atoms with Crippen LogP contribution in [0.25, 0.3) is 0 Å². The predicted molar refractivity (Wildman–Crippen MR) is 80.1 cm³/mol. The van der Waals surface area contributed by atoms with Crippen LogP contribution in [-0.2, 0) is 0 Å². The molecule has 2 aromatic carbocycles. The summed E-state index contributed by atoms with van der Waals surface area (Å²) in [6.07, 6.45) is 3.67. The summed E-state index contributed by atoms with van der Waals surface area (Å²) < 4.78 is 5.05. The fourth-order valence-corrected chi connectivity index (χ4v) is 2.03. The number of phenolic OH excluding ortho intramolecular Hbond substituents is 1. The van der Waals surface area contributed by atoms with Crippen LogP contribution in [0.2, 0.25) is 0 Å². The van der Waals surface area contributed by atoms with Crippen LogP contribution in [0.5, 0.6) is 11.5 Å². The van der Waals surface area contributed by atoms with Crippen molar-refractivity contribution < 1.29 is 9.84 Å². The zero-order valence-corrected chi connectivity index (χ0v) is 11.6. The number of benzene rings is 2. The number of aromatic hydroxyl groups is 1. The third-order valence-electron chi connectivity index (χ3n) is 2.68. The Morgan fingerprint density at radius 1 is 1.16 bits per heavy atom. The molecule has 0 aliphatic rings. The van der Waals surface area contributed by atoms with Crippen LogP contribution in [0.1, 0.15) is 5.56 Å². The first-order valence-electron chi connectivity index (χ1n) is 5.78. The standard InChI is InChI=1S/C15H15NO2S/c1-18-14-5-3-4-11(15(14)17)10-16-12-6-8-13(19-2)9-7-12/h3-10,17H,1-2H3. The second-order valence-corrected chi connectivity index (χ2v) is 4.73. The molecule has 0 unspecified atom stereocenters. The summed E-state index contributed by atoms with van der Waals surface area (Å²) in [5, 5.41) is 9.93. The molecule has 0 radical (unpaired) electrons. The molecule has 19 heavy (non-hydrogen) atoms. The zero-order chi connectivity index (χ0) is 13.7. The van der Waals surface area contributed by atoms with E-state index >= 15 is 0 Å². The lowest BCUT2D eigenvalue weighted by atomic mass is 10.2. The third-order valence-corrected chi connectivity index (χ3v) is 3.42. The molecule has 0 heterocycles. The molecule has 2 aromatic rings. The molecule has 0 fully saturated rings. The highest BCUT2D eigenvalue weighted by atomic mass is 32.2. The number of para-hydroxylation sites is 1. The molecule has 2 rings (SSSR count). The molecule has 4 heteroatoms. The second kappa shape index (κ2) is 6.29. The van der Waals surface area contributed by atoms with Gasteiger partial charge in [-0.1, -0.05) is 6.07 Å². The molecule has 0 saturated heterocycles. The maximum atomic E-state index is 9.93. The monoisotopic (exact) mass is 273 g/mol. The van der Waals surface area contributed by atoms with Crippen molar-refractivity contribution in [3.63, 3.8) is 0 Å². The van der Waals surface area contributed by atoms with Gasteiger partial charge < -0.3 is 9.84 Å². The molecule has 0 bridgehead atoms. The van der Waals surface area contributed by atoms with Gasteiger partial charge in [0, 0.05) is 16.7 Å². The van der Waals surface area contributed by atoms with Gasteiger partial charge in [-0.05, 0) is 42.7 Å². The van der Waals surface area contributed by atoms with Gasteiger partial charge in [0.15, 0.2) is 11.5 Å². The molecule has 0 aliphatic heterocycles. The molecule has 0 atom stereocenters. The molecular formula is C15H15NO2S. The van der Waals surface area contributed by atoms with Crippen LogP contribution < -0.4 is 4.74 Å². The van der Waals surface area contributed by atoms with Crippen molar-refractivity contribution in [3.8, 4) is 11.5 Å². The van der Waals surface area contributed by atoms with E-state index in [4.69, 9.17) is 4.74 Å². The average Bonchev–Trinajstić information content (AvgIpc) is 2.47. The van der Waals surface area contributed by atoms with Gasteiger partial charge in [0.1, 0.15) is 0 Å². The first kappa shape index (κ1) is 13.5. The number of ether oxygens (including phenoxy) is 1. The van der Waals surface area contributed by atoms with Gasteiger partial charge in [-0.15, -0.1) is 11.8 Å². The number of hydrogen-bond donors (Lipinski definition) is 1. The number of methoxy groups -OCH3 is 1. The van der Waals surface area contributed by atoms with Crippen LogP contribution in [-0.4, -0.2) is 24.7 Å². The first-order valence-corrected chi connectivity index (χ1v) is 7.01. The molecule has 0 saturated carbocycles. The van der Waals surface area contributed by atoms with E-state index in [0.717, 1.165) is 5.69 Å². The van der Waals surface area contributed by atoms with E-state index in [-0.39, 0.29) is 5.75 Å². The van der Waals surface area contributed by atoms with Gasteiger partial charge in [-0.25, -0.2) is 0 Å². The summed E-state index contributed by atoms with van der Waals surface area (Å²) in [4.78, 5) is 5.54. The van der Waals surface area contributed by atoms with Gasteiger partial charge in [-0.2, -0.15) is 0 Å². The van der Waals surface area contributed by atoms with E-state index in [1.54, 1.807) is 30.1 Å². The molecule has 3 nitrogen and oxygen atoms in total. The van der Waals surface area contributed by atoms with Crippen molar-refractivity contribution in [1.82, 2.24) is 0 Å². The van der Waals surface area contributed by atoms with Crippen molar-refractivity contribution in [3.05, 3.63) is 48.0 Å².